The van der Waals surface area contributed by atoms with Crippen molar-refractivity contribution in [1.82, 2.24) is 52.8 Å². The van der Waals surface area contributed by atoms with Gasteiger partial charge in [0.15, 0.2) is 0 Å². The Morgan fingerprint density at radius 2 is 1.07 bits per heavy atom. The third-order valence-electron chi connectivity index (χ3n) is 17.1. The number of halogens is 2. The fourth-order valence-corrected chi connectivity index (χ4v) is 11.2. The molecule has 0 saturated carbocycles. The lowest BCUT2D eigenvalue weighted by Crippen LogP contribution is -2.53. The van der Waals surface area contributed by atoms with Crippen molar-refractivity contribution in [3.8, 4) is 0 Å². The SMILES string of the molecule is CC1(F)CCN(C2COC2)CC1.CC1CCN(C(=O)CN(C)C)CC1.CC1CCN(C2COC2)CC1.CC1CCN(CCO)CC1.CC1CCN(S(C)(=O)=O)CC1.CN1CCC(C)(F)CC1.Cc1cn(C)c(C)n1.Cc1cn(C)cn1. The second kappa shape index (κ2) is 37.0. The molecule has 0 aromatic carbocycles. The van der Waals surface area contributed by atoms with Gasteiger partial charge in [0.25, 0.3) is 0 Å². The molecular weight excluding hydrogens is 1050 g/mol. The van der Waals surface area contributed by atoms with Gasteiger partial charge in [-0.05, 0) is 183 Å². The molecule has 0 atom stereocenters. The van der Waals surface area contributed by atoms with Crippen molar-refractivity contribution in [2.24, 2.45) is 37.8 Å². The quantitative estimate of drug-likeness (QED) is 0.289. The predicted molar refractivity (Wildman–Crippen MR) is 327 cm³/mol. The second-order valence-electron chi connectivity index (χ2n) is 25.9. The molecule has 0 radical (unpaired) electrons. The van der Waals surface area contributed by atoms with Crippen LogP contribution in [0.5, 0.6) is 0 Å². The van der Waals surface area contributed by atoms with Crippen LogP contribution in [0, 0.1) is 44.4 Å². The summed E-state index contributed by atoms with van der Waals surface area (Å²) in [4.78, 5) is 33.1. The third-order valence-corrected chi connectivity index (χ3v) is 18.4. The number of piperidine rings is 6. The van der Waals surface area contributed by atoms with E-state index in [-0.39, 0.29) is 5.91 Å². The molecule has 2 aromatic heterocycles. The molecule has 0 bridgehead atoms. The molecule has 20 heteroatoms. The number of aryl methyl sites for hydroxylation is 5. The van der Waals surface area contributed by atoms with Gasteiger partial charge in [-0.1, -0.05) is 27.7 Å². The average molecular weight is 1170 g/mol. The normalized spacial score (nSPS) is 23.0. The molecule has 10 heterocycles. The fourth-order valence-electron chi connectivity index (χ4n) is 10.4. The van der Waals surface area contributed by atoms with Crippen LogP contribution in [0.1, 0.15) is 136 Å². The van der Waals surface area contributed by atoms with Crippen LogP contribution in [0.15, 0.2) is 18.7 Å². The number of β-amino-alcohol motifs (C(OH)–C–C–N with tert-alkyl or cyclic N) is 1. The molecule has 0 aliphatic carbocycles. The number of likely N-dealkylation sites (N-methyl/N-ethyl adjacent to an activating group) is 1. The fraction of sp³-hybridized carbons (Fsp3) is 0.885. The number of aliphatic hydroxyl groups excluding tert-OH is 1. The molecule has 0 unspecified atom stereocenters. The molecule has 81 heavy (non-hydrogen) atoms. The number of hydrogen-bond acceptors (Lipinski definition) is 13. The molecule has 17 nitrogen and oxygen atoms in total. The molecule has 0 spiro atoms. The molecule has 2 aromatic rings. The number of rotatable bonds is 7. The van der Waals surface area contributed by atoms with Crippen molar-refractivity contribution in [1.29, 1.82) is 0 Å². The van der Waals surface area contributed by atoms with E-state index in [1.807, 2.05) is 87.3 Å². The van der Waals surface area contributed by atoms with Crippen LogP contribution in [-0.4, -0.2) is 248 Å². The highest BCUT2D eigenvalue weighted by Crippen LogP contribution is 2.28. The van der Waals surface area contributed by atoms with Gasteiger partial charge in [0, 0.05) is 85.4 Å². The van der Waals surface area contributed by atoms with Gasteiger partial charge in [0.05, 0.1) is 75.6 Å². The van der Waals surface area contributed by atoms with Gasteiger partial charge < -0.3 is 43.3 Å². The van der Waals surface area contributed by atoms with Crippen LogP contribution < -0.4 is 0 Å². The molecule has 8 aliphatic rings. The van der Waals surface area contributed by atoms with E-state index in [0.29, 0.717) is 63.9 Å². The van der Waals surface area contributed by atoms with E-state index in [2.05, 4.69) is 57.3 Å². The molecule has 1 amide bonds. The summed E-state index contributed by atoms with van der Waals surface area (Å²) < 4.78 is 64.2. The number of ether oxygens (including phenoxy) is 2. The summed E-state index contributed by atoms with van der Waals surface area (Å²) in [5.74, 6) is 4.68. The van der Waals surface area contributed by atoms with Gasteiger partial charge in [-0.2, -0.15) is 0 Å². The number of sulfonamides is 1. The zero-order valence-electron chi connectivity index (χ0n) is 53.7. The summed E-state index contributed by atoms with van der Waals surface area (Å²) in [6.07, 6.45) is 19.5. The van der Waals surface area contributed by atoms with E-state index in [1.54, 1.807) is 24.5 Å². The van der Waals surface area contributed by atoms with E-state index in [1.165, 1.54) is 71.0 Å². The van der Waals surface area contributed by atoms with E-state index >= 15 is 0 Å². The minimum atomic E-state index is -2.92. The number of nitrogens with zero attached hydrogens (tertiary/aromatic N) is 11. The standard InChI is InChI=1S/C10H20N2O.C9H16FNO.C9H17NO.C8H17NO.C7H14FN.C7H15NO2S.C6H10N2.C5H8N2/c1-9-4-6-12(7-5-9)10(13)8-11(2)3;1-9(10)2-4-11(5-3-9)8-6-12-7-8;1-8-2-4-10(5-3-8)9-6-11-7-9;1-8-2-4-9(5-3-8)6-7-10;1-7(8)3-5-9(2)6-4-7;1-7-3-5-8(6-4-7)11(2,9)10;1-5-4-8(3)6(2)7-5;1-5-3-7(2)4-6-5/h9H,4-8H2,1-3H3;8H,2-7H2,1H3;8-9H,2-7H2,1H3;8,10H,2-7H2,1H3;3-6H2,1-2H3;7H,3-6H2,1-2H3;4H,1-3H3;3-4H,1-2H3. The lowest BCUT2D eigenvalue weighted by Gasteiger charge is -2.42. The molecule has 10 rings (SSSR count). The Hall–Kier alpha value is -2.66. The van der Waals surface area contributed by atoms with Crippen LogP contribution in [0.3, 0.4) is 0 Å². The van der Waals surface area contributed by atoms with Gasteiger partial charge in [0.2, 0.25) is 15.9 Å². The number of imidazole rings is 2. The summed E-state index contributed by atoms with van der Waals surface area (Å²) in [6.45, 7) is 35.8. The first-order chi connectivity index (χ1) is 38.0. The number of amides is 1. The maximum atomic E-state index is 13.4. The largest absolute Gasteiger partial charge is 0.395 e. The maximum absolute atomic E-state index is 13.4. The van der Waals surface area contributed by atoms with Crippen molar-refractivity contribution in [2.45, 2.75) is 163 Å². The van der Waals surface area contributed by atoms with E-state index < -0.39 is 21.4 Å². The summed E-state index contributed by atoms with van der Waals surface area (Å²) in [6, 6.07) is 1.35. The van der Waals surface area contributed by atoms with Gasteiger partial charge in [-0.3, -0.25) is 14.6 Å². The summed E-state index contributed by atoms with van der Waals surface area (Å²) >= 11 is 0. The van der Waals surface area contributed by atoms with Crippen LogP contribution >= 0.6 is 0 Å². The average Bonchev–Trinajstić information content (AvgIpc) is 3.93. The van der Waals surface area contributed by atoms with Crippen LogP contribution in [0.25, 0.3) is 0 Å². The molecule has 472 valence electrons. The Labute approximate surface area is 491 Å². The predicted octanol–water partition coefficient (Wildman–Crippen LogP) is 7.73. The summed E-state index contributed by atoms with van der Waals surface area (Å²) in [5.41, 5.74) is 0.362. The number of carbonyl (C=O) groups excluding carboxylic acids is 1. The zero-order chi connectivity index (χ0) is 60.3. The van der Waals surface area contributed by atoms with Gasteiger partial charge in [-0.15, -0.1) is 0 Å². The second-order valence-corrected chi connectivity index (χ2v) is 27.9. The lowest BCUT2D eigenvalue weighted by atomic mass is 9.94. The number of hydrogen-bond donors (Lipinski definition) is 1. The highest BCUT2D eigenvalue weighted by molar-refractivity contribution is 7.88. The van der Waals surface area contributed by atoms with E-state index in [9.17, 15) is 22.0 Å². The summed E-state index contributed by atoms with van der Waals surface area (Å²) in [7, 11) is 6.94. The minimum Gasteiger partial charge on any atom is -0.395 e. The first-order valence-corrected chi connectivity index (χ1v) is 32.7. The van der Waals surface area contributed by atoms with Gasteiger partial charge >= 0.3 is 0 Å². The maximum Gasteiger partial charge on any atom is 0.236 e. The molecular formula is C61H117F2N11O6S. The summed E-state index contributed by atoms with van der Waals surface area (Å²) in [5, 5.41) is 8.64. The number of carbonyl (C=O) groups is 1. The topological polar surface area (TPSA) is 148 Å². The molecule has 8 fully saturated rings. The lowest BCUT2D eigenvalue weighted by molar-refractivity contribution is -0.133. The van der Waals surface area contributed by atoms with Gasteiger partial charge in [0.1, 0.15) is 17.2 Å². The molecule has 8 saturated heterocycles. The van der Waals surface area contributed by atoms with Crippen LogP contribution in [0.4, 0.5) is 8.78 Å². The van der Waals surface area contributed by atoms with Crippen LogP contribution in [-0.2, 0) is 38.4 Å². The highest BCUT2D eigenvalue weighted by atomic mass is 32.2. The highest BCUT2D eigenvalue weighted by Gasteiger charge is 2.35. The first kappa shape index (κ1) is 72.6. The number of likely N-dealkylation sites (tertiary alicyclic amines) is 5. The number of aromatic nitrogens is 4. The van der Waals surface area contributed by atoms with Crippen molar-refractivity contribution in [3.63, 3.8) is 0 Å². The Morgan fingerprint density at radius 3 is 1.38 bits per heavy atom. The Kier molecular flexibility index (Phi) is 33.2. The van der Waals surface area contributed by atoms with E-state index in [4.69, 9.17) is 14.6 Å². The number of aliphatic hydroxyl groups is 1. The molecule has 8 aliphatic heterocycles. The van der Waals surface area contributed by atoms with Gasteiger partial charge in [-0.25, -0.2) is 31.5 Å². The minimum absolute atomic E-state index is 0.275. The van der Waals surface area contributed by atoms with E-state index in [0.717, 1.165) is 126 Å². The van der Waals surface area contributed by atoms with Crippen LogP contribution in [0.2, 0.25) is 0 Å². The smallest absolute Gasteiger partial charge is 0.236 e. The Bertz CT molecular complexity index is 2030. The Morgan fingerprint density at radius 1 is 0.654 bits per heavy atom. The van der Waals surface area contributed by atoms with Crippen molar-refractivity contribution < 1.29 is 36.6 Å². The number of alkyl halides is 2. The third kappa shape index (κ3) is 30.8. The zero-order valence-corrected chi connectivity index (χ0v) is 54.5. The van der Waals surface area contributed by atoms with Crippen molar-refractivity contribution >= 4 is 15.9 Å². The monoisotopic (exact) mass is 1170 g/mol. The van der Waals surface area contributed by atoms with Crippen molar-refractivity contribution in [3.05, 3.63) is 35.9 Å². The van der Waals surface area contributed by atoms with Crippen molar-refractivity contribution in [2.75, 3.05) is 152 Å². The molecule has 1 N–H and O–H groups in total. The Balaban J connectivity index is 0.000000244. The first-order valence-electron chi connectivity index (χ1n) is 30.9.